The number of hydrogen-bond donors (Lipinski definition) is 2. The summed E-state index contributed by atoms with van der Waals surface area (Å²) in [6, 6.07) is 13.9. The smallest absolute Gasteiger partial charge is 0.0550 e. The van der Waals surface area contributed by atoms with Crippen molar-refractivity contribution in [3.63, 3.8) is 0 Å². The largest absolute Gasteiger partial charge is 0.395 e. The molecule has 96 valence electrons. The summed E-state index contributed by atoms with van der Waals surface area (Å²) >= 11 is 1.72. The molecule has 0 unspecified atom stereocenters. The Hall–Kier alpha value is -1.16. The van der Waals surface area contributed by atoms with Crippen LogP contribution in [0.1, 0.15) is 16.9 Å². The molecule has 3 heteroatoms. The number of aliphatic hydroxyl groups excluding tert-OH is 2. The van der Waals surface area contributed by atoms with Gasteiger partial charge in [-0.2, -0.15) is 0 Å². The molecule has 0 aliphatic carbocycles. The van der Waals surface area contributed by atoms with Crippen molar-refractivity contribution in [2.75, 3.05) is 13.2 Å². The van der Waals surface area contributed by atoms with Crippen molar-refractivity contribution >= 4 is 11.3 Å². The molecule has 0 amide bonds. The quantitative estimate of drug-likeness (QED) is 0.840. The van der Waals surface area contributed by atoms with Crippen LogP contribution < -0.4 is 0 Å². The van der Waals surface area contributed by atoms with E-state index in [1.165, 1.54) is 4.88 Å². The molecule has 2 N–H and O–H groups in total. The van der Waals surface area contributed by atoms with E-state index in [0.29, 0.717) is 0 Å². The first-order chi connectivity index (χ1) is 8.80. The van der Waals surface area contributed by atoms with Crippen LogP contribution in [-0.4, -0.2) is 23.4 Å². The van der Waals surface area contributed by atoms with Crippen LogP contribution in [0.25, 0.3) is 0 Å². The normalized spacial score (nSPS) is 11.7. The second kappa shape index (κ2) is 6.14. The Balaban J connectivity index is 2.16. The third-order valence-corrected chi connectivity index (χ3v) is 4.36. The van der Waals surface area contributed by atoms with Crippen LogP contribution in [0.4, 0.5) is 0 Å². The monoisotopic (exact) mass is 262 g/mol. The standard InChI is InChI=1S/C15H18O2S/c16-11-15(12-17,13-5-2-1-3-6-13)9-8-14-7-4-10-18-14/h1-7,10,16-17H,8-9,11-12H2. The van der Waals surface area contributed by atoms with Gasteiger partial charge < -0.3 is 10.2 Å². The van der Waals surface area contributed by atoms with Gasteiger partial charge in [0.05, 0.1) is 13.2 Å². The first-order valence-electron chi connectivity index (χ1n) is 6.10. The molecule has 1 aromatic carbocycles. The summed E-state index contributed by atoms with van der Waals surface area (Å²) in [5.41, 5.74) is 0.470. The van der Waals surface area contributed by atoms with Gasteiger partial charge in [-0.15, -0.1) is 11.3 Å². The minimum absolute atomic E-state index is 0.0289. The Labute approximate surface area is 112 Å². The minimum Gasteiger partial charge on any atom is -0.395 e. The lowest BCUT2D eigenvalue weighted by atomic mass is 9.78. The Morgan fingerprint density at radius 1 is 0.944 bits per heavy atom. The lowest BCUT2D eigenvalue weighted by Crippen LogP contribution is -2.35. The number of aryl methyl sites for hydroxylation is 1. The fourth-order valence-electron chi connectivity index (χ4n) is 2.14. The van der Waals surface area contributed by atoms with Crippen LogP contribution in [0.3, 0.4) is 0 Å². The maximum atomic E-state index is 9.70. The Kier molecular flexibility index (Phi) is 4.53. The molecule has 0 fully saturated rings. The van der Waals surface area contributed by atoms with Crippen molar-refractivity contribution in [2.24, 2.45) is 0 Å². The van der Waals surface area contributed by atoms with Crippen LogP contribution >= 0.6 is 11.3 Å². The van der Waals surface area contributed by atoms with E-state index in [9.17, 15) is 10.2 Å². The third kappa shape index (κ3) is 2.80. The van der Waals surface area contributed by atoms with E-state index >= 15 is 0 Å². The summed E-state index contributed by atoms with van der Waals surface area (Å²) in [5.74, 6) is 0. The van der Waals surface area contributed by atoms with Gasteiger partial charge in [-0.3, -0.25) is 0 Å². The average Bonchev–Trinajstić information content (AvgIpc) is 2.95. The topological polar surface area (TPSA) is 40.5 Å². The molecule has 2 aromatic rings. The van der Waals surface area contributed by atoms with Crippen LogP contribution in [0.5, 0.6) is 0 Å². The SMILES string of the molecule is OCC(CO)(CCc1cccs1)c1ccccc1. The summed E-state index contributed by atoms with van der Waals surface area (Å²) in [6.45, 7) is -0.0578. The van der Waals surface area contributed by atoms with Gasteiger partial charge in [-0.1, -0.05) is 36.4 Å². The molecular formula is C15H18O2S. The van der Waals surface area contributed by atoms with Crippen LogP contribution in [0.15, 0.2) is 47.8 Å². The fourth-order valence-corrected chi connectivity index (χ4v) is 2.85. The summed E-state index contributed by atoms with van der Waals surface area (Å²) in [6.07, 6.45) is 1.64. The van der Waals surface area contributed by atoms with Crippen LogP contribution in [0, 0.1) is 0 Å². The van der Waals surface area contributed by atoms with Gasteiger partial charge in [0.1, 0.15) is 0 Å². The van der Waals surface area contributed by atoms with E-state index < -0.39 is 5.41 Å². The fraction of sp³-hybridized carbons (Fsp3) is 0.333. The molecule has 1 aromatic heterocycles. The zero-order valence-corrected chi connectivity index (χ0v) is 11.1. The van der Waals surface area contributed by atoms with Crippen molar-refractivity contribution in [1.29, 1.82) is 0 Å². The number of rotatable bonds is 6. The van der Waals surface area contributed by atoms with Gasteiger partial charge in [0, 0.05) is 10.3 Å². The molecule has 0 bridgehead atoms. The van der Waals surface area contributed by atoms with E-state index in [1.807, 2.05) is 36.4 Å². The Bertz CT molecular complexity index is 447. The van der Waals surface area contributed by atoms with Gasteiger partial charge in [0.15, 0.2) is 0 Å². The van der Waals surface area contributed by atoms with E-state index in [0.717, 1.165) is 18.4 Å². The molecule has 0 atom stereocenters. The zero-order chi connectivity index (χ0) is 12.8. The summed E-state index contributed by atoms with van der Waals surface area (Å²) in [4.78, 5) is 1.29. The molecule has 0 spiro atoms. The molecule has 0 saturated heterocycles. The van der Waals surface area contributed by atoms with Crippen molar-refractivity contribution in [2.45, 2.75) is 18.3 Å². The van der Waals surface area contributed by atoms with E-state index in [4.69, 9.17) is 0 Å². The van der Waals surface area contributed by atoms with Crippen LogP contribution in [0.2, 0.25) is 0 Å². The lowest BCUT2D eigenvalue weighted by Gasteiger charge is -2.30. The molecule has 2 rings (SSSR count). The van der Waals surface area contributed by atoms with Gasteiger partial charge in [0.25, 0.3) is 0 Å². The van der Waals surface area contributed by atoms with Crippen molar-refractivity contribution in [1.82, 2.24) is 0 Å². The zero-order valence-electron chi connectivity index (χ0n) is 10.2. The predicted octanol–water partition coefficient (Wildman–Crippen LogP) is 2.60. The molecule has 1 heterocycles. The average molecular weight is 262 g/mol. The number of benzene rings is 1. The Morgan fingerprint density at radius 2 is 1.67 bits per heavy atom. The van der Waals surface area contributed by atoms with Gasteiger partial charge in [0.2, 0.25) is 0 Å². The maximum absolute atomic E-state index is 9.70. The lowest BCUT2D eigenvalue weighted by molar-refractivity contribution is 0.110. The number of thiophene rings is 1. The third-order valence-electron chi connectivity index (χ3n) is 3.42. The highest BCUT2D eigenvalue weighted by Crippen LogP contribution is 2.29. The summed E-state index contributed by atoms with van der Waals surface area (Å²) < 4.78 is 0. The summed E-state index contributed by atoms with van der Waals surface area (Å²) in [5, 5.41) is 21.5. The highest BCUT2D eigenvalue weighted by atomic mass is 32.1. The van der Waals surface area contributed by atoms with Gasteiger partial charge in [-0.25, -0.2) is 0 Å². The van der Waals surface area contributed by atoms with Crippen LogP contribution in [-0.2, 0) is 11.8 Å². The highest BCUT2D eigenvalue weighted by Gasteiger charge is 2.30. The van der Waals surface area contributed by atoms with E-state index in [1.54, 1.807) is 11.3 Å². The van der Waals surface area contributed by atoms with E-state index in [2.05, 4.69) is 11.4 Å². The second-order valence-corrected chi connectivity index (χ2v) is 5.57. The van der Waals surface area contributed by atoms with Gasteiger partial charge in [-0.05, 0) is 29.9 Å². The molecule has 0 aliphatic heterocycles. The number of aliphatic hydroxyl groups is 2. The first-order valence-corrected chi connectivity index (χ1v) is 6.98. The van der Waals surface area contributed by atoms with E-state index in [-0.39, 0.29) is 13.2 Å². The van der Waals surface area contributed by atoms with Crippen molar-refractivity contribution in [3.05, 3.63) is 58.3 Å². The van der Waals surface area contributed by atoms with Crippen molar-refractivity contribution in [3.8, 4) is 0 Å². The molecule has 0 radical (unpaired) electrons. The van der Waals surface area contributed by atoms with Gasteiger partial charge >= 0.3 is 0 Å². The maximum Gasteiger partial charge on any atom is 0.0550 e. The molecule has 18 heavy (non-hydrogen) atoms. The molecule has 2 nitrogen and oxygen atoms in total. The summed E-state index contributed by atoms with van der Waals surface area (Å²) in [7, 11) is 0. The highest BCUT2D eigenvalue weighted by molar-refractivity contribution is 7.09. The minimum atomic E-state index is -0.536. The number of hydrogen-bond acceptors (Lipinski definition) is 3. The van der Waals surface area contributed by atoms with Crippen molar-refractivity contribution < 1.29 is 10.2 Å². The molecule has 0 saturated carbocycles. The first kappa shape index (κ1) is 13.3. The Morgan fingerprint density at radius 3 is 2.22 bits per heavy atom. The predicted molar refractivity (Wildman–Crippen MR) is 74.9 cm³/mol. The molecular weight excluding hydrogens is 244 g/mol. The molecule has 0 aliphatic rings. The second-order valence-electron chi connectivity index (χ2n) is 4.54.